The molecule has 2 N–H and O–H groups in total. The smallest absolute Gasteiger partial charge is 0.254 e. The third-order valence-electron chi connectivity index (χ3n) is 3.99. The van der Waals surface area contributed by atoms with E-state index in [9.17, 15) is 4.79 Å². The number of nitrogens with one attached hydrogen (secondary N) is 2. The number of imidazole rings is 1. The second-order valence-electron chi connectivity index (χ2n) is 5.55. The van der Waals surface area contributed by atoms with Crippen molar-refractivity contribution in [1.29, 1.82) is 0 Å². The number of aromatic amines is 2. The first-order valence-electron chi connectivity index (χ1n) is 7.53. The summed E-state index contributed by atoms with van der Waals surface area (Å²) in [6, 6.07) is 5.56. The van der Waals surface area contributed by atoms with Gasteiger partial charge in [-0.15, -0.1) is 0 Å². The molecule has 4 heterocycles. The second-order valence-corrected chi connectivity index (χ2v) is 5.55. The summed E-state index contributed by atoms with van der Waals surface area (Å²) < 4.78 is 0. The van der Waals surface area contributed by atoms with E-state index in [1.165, 1.54) is 0 Å². The molecule has 0 amide bonds. The third-order valence-corrected chi connectivity index (χ3v) is 3.99. The lowest BCUT2D eigenvalue weighted by Crippen LogP contribution is -2.35. The van der Waals surface area contributed by atoms with E-state index in [0.717, 1.165) is 30.2 Å². The highest BCUT2D eigenvalue weighted by Gasteiger charge is 2.22. The van der Waals surface area contributed by atoms with E-state index in [1.54, 1.807) is 12.4 Å². The van der Waals surface area contributed by atoms with Crippen molar-refractivity contribution >= 4 is 0 Å². The molecule has 0 aliphatic carbocycles. The average Bonchev–Trinajstić information content (AvgIpc) is 3.08. The highest BCUT2D eigenvalue weighted by molar-refractivity contribution is 5.49. The minimum absolute atomic E-state index is 0.0618. The molecule has 1 aliphatic rings. The number of rotatable bonds is 3. The average molecular weight is 308 g/mol. The van der Waals surface area contributed by atoms with E-state index in [4.69, 9.17) is 0 Å². The summed E-state index contributed by atoms with van der Waals surface area (Å²) in [7, 11) is 0. The molecule has 0 unspecified atom stereocenters. The van der Waals surface area contributed by atoms with Crippen molar-refractivity contribution in [2.24, 2.45) is 0 Å². The molecule has 0 atom stereocenters. The predicted octanol–water partition coefficient (Wildman–Crippen LogP) is 1.11. The van der Waals surface area contributed by atoms with Crippen LogP contribution in [0.25, 0.3) is 11.5 Å². The lowest BCUT2D eigenvalue weighted by atomic mass is 10.1. The number of nitrogens with zero attached hydrogens (tertiary/aromatic N) is 4. The molecular weight excluding hydrogens is 292 g/mol. The third kappa shape index (κ3) is 2.78. The minimum atomic E-state index is -0.0618. The number of pyridine rings is 1. The largest absolute Gasteiger partial charge is 0.348 e. The maximum absolute atomic E-state index is 12.3. The molecule has 3 aromatic heterocycles. The van der Waals surface area contributed by atoms with Gasteiger partial charge in [0.25, 0.3) is 5.56 Å². The molecule has 0 spiro atoms. The Morgan fingerprint density at radius 2 is 2.17 bits per heavy atom. The maximum atomic E-state index is 12.3. The van der Waals surface area contributed by atoms with Gasteiger partial charge < -0.3 is 9.97 Å². The van der Waals surface area contributed by atoms with Crippen LogP contribution in [-0.4, -0.2) is 36.4 Å². The molecule has 0 aromatic carbocycles. The standard InChI is InChI=1S/C16H16N6O/c23-16-11-4-8-22(10-14-18-6-7-19-14)9-13(11)20-15(21-16)12-3-1-2-5-17-12/h1-3,5-7H,4,8-10H2,(H,18,19)(H,20,21,23). The van der Waals surface area contributed by atoms with Crippen LogP contribution >= 0.6 is 0 Å². The number of aromatic nitrogens is 5. The Morgan fingerprint density at radius 3 is 2.96 bits per heavy atom. The Balaban J connectivity index is 1.64. The van der Waals surface area contributed by atoms with Crippen LogP contribution in [-0.2, 0) is 19.5 Å². The molecule has 0 saturated carbocycles. The summed E-state index contributed by atoms with van der Waals surface area (Å²) >= 11 is 0. The van der Waals surface area contributed by atoms with Gasteiger partial charge in [-0.05, 0) is 18.6 Å². The first kappa shape index (κ1) is 13.8. The van der Waals surface area contributed by atoms with E-state index >= 15 is 0 Å². The zero-order valence-electron chi connectivity index (χ0n) is 12.5. The summed E-state index contributed by atoms with van der Waals surface area (Å²) in [4.78, 5) is 33.6. The van der Waals surface area contributed by atoms with E-state index in [-0.39, 0.29) is 5.56 Å². The molecule has 1 aliphatic heterocycles. The lowest BCUT2D eigenvalue weighted by Gasteiger charge is -2.26. The fraction of sp³-hybridized carbons (Fsp3) is 0.250. The molecule has 3 aromatic rings. The Bertz CT molecular complexity index is 856. The van der Waals surface area contributed by atoms with Crippen LogP contribution in [0.15, 0.2) is 41.6 Å². The van der Waals surface area contributed by atoms with Crippen molar-refractivity contribution in [2.75, 3.05) is 6.54 Å². The predicted molar refractivity (Wildman–Crippen MR) is 84.5 cm³/mol. The van der Waals surface area contributed by atoms with Gasteiger partial charge in [0.1, 0.15) is 11.5 Å². The summed E-state index contributed by atoms with van der Waals surface area (Å²) in [5.74, 6) is 1.44. The van der Waals surface area contributed by atoms with Gasteiger partial charge in [0, 0.05) is 37.2 Å². The van der Waals surface area contributed by atoms with Crippen LogP contribution in [0, 0.1) is 0 Å². The summed E-state index contributed by atoms with van der Waals surface area (Å²) in [5.41, 5.74) is 2.22. The van der Waals surface area contributed by atoms with Gasteiger partial charge in [-0.3, -0.25) is 14.7 Å². The Hall–Kier alpha value is -2.80. The van der Waals surface area contributed by atoms with Crippen LogP contribution in [0.3, 0.4) is 0 Å². The van der Waals surface area contributed by atoms with Crippen LogP contribution < -0.4 is 5.56 Å². The molecule has 7 nitrogen and oxygen atoms in total. The lowest BCUT2D eigenvalue weighted by molar-refractivity contribution is 0.235. The van der Waals surface area contributed by atoms with Gasteiger partial charge in [-0.2, -0.15) is 0 Å². The molecular formula is C16H16N6O. The molecule has 23 heavy (non-hydrogen) atoms. The molecule has 0 saturated heterocycles. The Kier molecular flexibility index (Phi) is 3.47. The molecule has 116 valence electrons. The number of H-pyrrole nitrogens is 2. The van der Waals surface area contributed by atoms with Gasteiger partial charge in [0.2, 0.25) is 0 Å². The monoisotopic (exact) mass is 308 g/mol. The highest BCUT2D eigenvalue weighted by atomic mass is 16.1. The van der Waals surface area contributed by atoms with Crippen LogP contribution in [0.4, 0.5) is 0 Å². The zero-order chi connectivity index (χ0) is 15.6. The Morgan fingerprint density at radius 1 is 1.22 bits per heavy atom. The van der Waals surface area contributed by atoms with Crippen LogP contribution in [0.2, 0.25) is 0 Å². The normalized spacial score (nSPS) is 14.6. The quantitative estimate of drug-likeness (QED) is 0.756. The zero-order valence-corrected chi connectivity index (χ0v) is 12.5. The van der Waals surface area contributed by atoms with Crippen LogP contribution in [0.5, 0.6) is 0 Å². The molecule has 0 radical (unpaired) electrons. The summed E-state index contributed by atoms with van der Waals surface area (Å²) in [5, 5.41) is 0. The summed E-state index contributed by atoms with van der Waals surface area (Å²) in [6.07, 6.45) is 5.95. The van der Waals surface area contributed by atoms with Gasteiger partial charge >= 0.3 is 0 Å². The fourth-order valence-corrected chi connectivity index (χ4v) is 2.85. The number of hydrogen-bond donors (Lipinski definition) is 2. The first-order chi connectivity index (χ1) is 11.3. The molecule has 4 rings (SSSR count). The van der Waals surface area contributed by atoms with Gasteiger partial charge in [0.15, 0.2) is 5.82 Å². The maximum Gasteiger partial charge on any atom is 0.254 e. The Labute approximate surface area is 132 Å². The number of fused-ring (bicyclic) bond motifs is 1. The van der Waals surface area contributed by atoms with Crippen molar-refractivity contribution in [3.8, 4) is 11.5 Å². The van der Waals surface area contributed by atoms with E-state index in [1.807, 2.05) is 24.4 Å². The first-order valence-corrected chi connectivity index (χ1v) is 7.53. The van der Waals surface area contributed by atoms with Crippen LogP contribution in [0.1, 0.15) is 17.1 Å². The van der Waals surface area contributed by atoms with Crippen molar-refractivity contribution in [1.82, 2.24) is 29.8 Å². The van der Waals surface area contributed by atoms with Gasteiger partial charge in [0.05, 0.1) is 12.2 Å². The highest BCUT2D eigenvalue weighted by Crippen LogP contribution is 2.18. The number of hydrogen-bond acceptors (Lipinski definition) is 5. The van der Waals surface area contributed by atoms with Gasteiger partial charge in [-0.25, -0.2) is 9.97 Å². The second kappa shape index (κ2) is 5.77. The summed E-state index contributed by atoms with van der Waals surface area (Å²) in [6.45, 7) is 2.18. The topological polar surface area (TPSA) is 90.6 Å². The van der Waals surface area contributed by atoms with E-state index < -0.39 is 0 Å². The molecule has 0 bridgehead atoms. The van der Waals surface area contributed by atoms with Crippen molar-refractivity contribution in [3.05, 3.63) is 64.2 Å². The van der Waals surface area contributed by atoms with E-state index in [0.29, 0.717) is 24.5 Å². The SMILES string of the molecule is O=c1[nH]c(-c2ccccn2)nc2c1CCN(Cc1ncc[nH]1)C2. The minimum Gasteiger partial charge on any atom is -0.348 e. The molecule has 7 heteroatoms. The van der Waals surface area contributed by atoms with Crippen molar-refractivity contribution in [2.45, 2.75) is 19.5 Å². The fourth-order valence-electron chi connectivity index (χ4n) is 2.85. The van der Waals surface area contributed by atoms with Gasteiger partial charge in [-0.1, -0.05) is 6.07 Å². The van der Waals surface area contributed by atoms with Crippen molar-refractivity contribution < 1.29 is 0 Å². The van der Waals surface area contributed by atoms with E-state index in [2.05, 4.69) is 29.8 Å². The van der Waals surface area contributed by atoms with Crippen molar-refractivity contribution in [3.63, 3.8) is 0 Å². The molecule has 0 fully saturated rings.